The zero-order valence-corrected chi connectivity index (χ0v) is 10.7. The molecule has 0 saturated heterocycles. The number of hydrogen-bond acceptors (Lipinski definition) is 2. The minimum Gasteiger partial charge on any atom is -0.490 e. The van der Waals surface area contributed by atoms with Crippen molar-refractivity contribution in [3.05, 3.63) is 26.8 Å². The molecular weight excluding hydrogens is 291 g/mol. The van der Waals surface area contributed by atoms with Gasteiger partial charge in [0.15, 0.2) is 6.29 Å². The summed E-state index contributed by atoms with van der Waals surface area (Å²) in [6.45, 7) is 5.85. The van der Waals surface area contributed by atoms with Gasteiger partial charge in [0, 0.05) is 3.57 Å². The Kier molecular flexibility index (Phi) is 3.92. The number of halogens is 1. The van der Waals surface area contributed by atoms with Gasteiger partial charge in [-0.1, -0.05) is 0 Å². The minimum atomic E-state index is 0.0902. The summed E-state index contributed by atoms with van der Waals surface area (Å²) in [5, 5.41) is 0. The fraction of sp³-hybridized carbons (Fsp3) is 0.364. The molecule has 0 bridgehead atoms. The lowest BCUT2D eigenvalue weighted by Gasteiger charge is -2.14. The van der Waals surface area contributed by atoms with E-state index in [2.05, 4.69) is 22.6 Å². The van der Waals surface area contributed by atoms with Gasteiger partial charge in [-0.25, -0.2) is 0 Å². The highest BCUT2D eigenvalue weighted by Crippen LogP contribution is 2.25. The maximum Gasteiger partial charge on any atom is 0.153 e. The molecule has 0 aliphatic carbocycles. The molecule has 3 heteroatoms. The number of benzene rings is 1. The summed E-state index contributed by atoms with van der Waals surface area (Å²) < 4.78 is 6.64. The first kappa shape index (κ1) is 11.5. The molecule has 0 aromatic heterocycles. The van der Waals surface area contributed by atoms with Crippen molar-refractivity contribution in [3.63, 3.8) is 0 Å². The molecule has 0 amide bonds. The van der Waals surface area contributed by atoms with Crippen LogP contribution in [0.2, 0.25) is 0 Å². The predicted octanol–water partition coefficient (Wildman–Crippen LogP) is 3.20. The molecule has 0 spiro atoms. The molecule has 1 rings (SSSR count). The first-order valence-electron chi connectivity index (χ1n) is 4.46. The maximum absolute atomic E-state index is 10.8. The van der Waals surface area contributed by atoms with Gasteiger partial charge >= 0.3 is 0 Å². The third-order valence-corrected chi connectivity index (χ3v) is 2.37. The number of ether oxygens (including phenoxy) is 1. The van der Waals surface area contributed by atoms with Crippen LogP contribution >= 0.6 is 22.6 Å². The van der Waals surface area contributed by atoms with E-state index in [-0.39, 0.29) is 6.10 Å². The molecule has 0 atom stereocenters. The first-order chi connectivity index (χ1) is 6.54. The Morgan fingerprint density at radius 3 is 2.57 bits per heavy atom. The molecule has 76 valence electrons. The molecule has 0 unspecified atom stereocenters. The van der Waals surface area contributed by atoms with E-state index in [0.717, 1.165) is 15.4 Å². The first-order valence-corrected chi connectivity index (χ1v) is 5.54. The molecule has 2 nitrogen and oxygen atoms in total. The summed E-state index contributed by atoms with van der Waals surface area (Å²) in [6.07, 6.45) is 0.930. The van der Waals surface area contributed by atoms with Crippen molar-refractivity contribution >= 4 is 28.9 Å². The van der Waals surface area contributed by atoms with Crippen LogP contribution in [-0.4, -0.2) is 12.4 Å². The summed E-state index contributed by atoms with van der Waals surface area (Å²) >= 11 is 2.19. The number of aryl methyl sites for hydroxylation is 1. The summed E-state index contributed by atoms with van der Waals surface area (Å²) in [4.78, 5) is 10.8. The second-order valence-corrected chi connectivity index (χ2v) is 4.67. The van der Waals surface area contributed by atoms with Crippen molar-refractivity contribution in [2.45, 2.75) is 26.9 Å². The lowest BCUT2D eigenvalue weighted by atomic mass is 10.1. The van der Waals surface area contributed by atoms with E-state index in [1.165, 1.54) is 0 Å². The highest BCUT2D eigenvalue weighted by atomic mass is 127. The fourth-order valence-electron chi connectivity index (χ4n) is 1.24. The minimum absolute atomic E-state index is 0.0902. The molecular formula is C11H13IO2. The van der Waals surface area contributed by atoms with Gasteiger partial charge in [-0.15, -0.1) is 0 Å². The molecule has 1 aromatic rings. The summed E-state index contributed by atoms with van der Waals surface area (Å²) in [5.74, 6) is 0.704. The number of carbonyl (C=O) groups is 1. The average Bonchev–Trinajstić information content (AvgIpc) is 2.08. The van der Waals surface area contributed by atoms with E-state index in [0.29, 0.717) is 11.3 Å². The Bertz CT molecular complexity index is 345. The van der Waals surface area contributed by atoms with Crippen LogP contribution in [0.1, 0.15) is 29.8 Å². The molecule has 0 N–H and O–H groups in total. The second-order valence-electron chi connectivity index (χ2n) is 3.43. The number of rotatable bonds is 3. The fourth-order valence-corrected chi connectivity index (χ4v) is 2.04. The molecule has 0 heterocycles. The van der Waals surface area contributed by atoms with Gasteiger partial charge in [0.05, 0.1) is 11.7 Å². The average molecular weight is 304 g/mol. The second kappa shape index (κ2) is 4.77. The highest BCUT2D eigenvalue weighted by molar-refractivity contribution is 14.1. The third kappa shape index (κ3) is 2.70. The van der Waals surface area contributed by atoms with Gasteiger partial charge < -0.3 is 4.74 Å². The zero-order valence-electron chi connectivity index (χ0n) is 8.50. The maximum atomic E-state index is 10.8. The quantitative estimate of drug-likeness (QED) is 0.633. The Labute approximate surface area is 97.8 Å². The van der Waals surface area contributed by atoms with E-state index in [1.807, 2.05) is 32.9 Å². The Balaban J connectivity index is 3.18. The van der Waals surface area contributed by atoms with Crippen LogP contribution in [-0.2, 0) is 0 Å². The van der Waals surface area contributed by atoms with E-state index in [9.17, 15) is 4.79 Å². The number of carbonyl (C=O) groups excluding carboxylic acids is 1. The largest absolute Gasteiger partial charge is 0.490 e. The molecule has 14 heavy (non-hydrogen) atoms. The molecule has 0 saturated carbocycles. The van der Waals surface area contributed by atoms with Crippen LogP contribution < -0.4 is 4.74 Å². The highest BCUT2D eigenvalue weighted by Gasteiger charge is 2.09. The summed E-state index contributed by atoms with van der Waals surface area (Å²) in [5.41, 5.74) is 1.64. The van der Waals surface area contributed by atoms with Crippen LogP contribution in [0, 0.1) is 10.5 Å². The van der Waals surface area contributed by atoms with Gasteiger partial charge in [-0.3, -0.25) is 4.79 Å². The number of hydrogen-bond donors (Lipinski definition) is 0. The van der Waals surface area contributed by atoms with Crippen LogP contribution in [0.15, 0.2) is 12.1 Å². The van der Waals surface area contributed by atoms with Crippen LogP contribution in [0.25, 0.3) is 0 Å². The van der Waals surface area contributed by atoms with Crippen molar-refractivity contribution in [2.75, 3.05) is 0 Å². The Morgan fingerprint density at radius 2 is 2.07 bits per heavy atom. The smallest absolute Gasteiger partial charge is 0.153 e. The topological polar surface area (TPSA) is 26.3 Å². The van der Waals surface area contributed by atoms with Gasteiger partial charge in [0.1, 0.15) is 5.75 Å². The molecule has 0 aliphatic heterocycles. The normalized spacial score (nSPS) is 10.4. The molecule has 0 fully saturated rings. The lowest BCUT2D eigenvalue weighted by molar-refractivity contribution is 0.111. The Morgan fingerprint density at radius 1 is 1.43 bits per heavy atom. The number of aldehydes is 1. The molecule has 0 radical (unpaired) electrons. The van der Waals surface area contributed by atoms with Crippen molar-refractivity contribution in [3.8, 4) is 5.75 Å². The molecule has 1 aromatic carbocycles. The molecule has 0 aliphatic rings. The standard InChI is InChI=1S/C11H13IO2/c1-7(2)14-11-8(3)4-10(12)5-9(11)6-13/h4-7H,1-3H3. The van der Waals surface area contributed by atoms with E-state index in [4.69, 9.17) is 4.74 Å². The van der Waals surface area contributed by atoms with Crippen molar-refractivity contribution in [1.29, 1.82) is 0 Å². The van der Waals surface area contributed by atoms with Gasteiger partial charge in [-0.2, -0.15) is 0 Å². The zero-order chi connectivity index (χ0) is 10.7. The van der Waals surface area contributed by atoms with Crippen molar-refractivity contribution in [1.82, 2.24) is 0 Å². The van der Waals surface area contributed by atoms with Crippen LogP contribution in [0.3, 0.4) is 0 Å². The van der Waals surface area contributed by atoms with Crippen molar-refractivity contribution in [2.24, 2.45) is 0 Å². The van der Waals surface area contributed by atoms with Crippen LogP contribution in [0.4, 0.5) is 0 Å². The van der Waals surface area contributed by atoms with Crippen LogP contribution in [0.5, 0.6) is 5.75 Å². The van der Waals surface area contributed by atoms with E-state index >= 15 is 0 Å². The van der Waals surface area contributed by atoms with E-state index < -0.39 is 0 Å². The Hall–Kier alpha value is -0.580. The lowest BCUT2D eigenvalue weighted by Crippen LogP contribution is -2.08. The SMILES string of the molecule is Cc1cc(I)cc(C=O)c1OC(C)C. The van der Waals surface area contributed by atoms with E-state index in [1.54, 1.807) is 0 Å². The summed E-state index contributed by atoms with van der Waals surface area (Å²) in [6, 6.07) is 3.84. The van der Waals surface area contributed by atoms with Crippen molar-refractivity contribution < 1.29 is 9.53 Å². The van der Waals surface area contributed by atoms with Gasteiger partial charge in [0.2, 0.25) is 0 Å². The third-order valence-electron chi connectivity index (χ3n) is 1.75. The van der Waals surface area contributed by atoms with Gasteiger partial charge in [0.25, 0.3) is 0 Å². The predicted molar refractivity (Wildman–Crippen MR) is 65.0 cm³/mol. The van der Waals surface area contributed by atoms with Gasteiger partial charge in [-0.05, 0) is 61.1 Å². The monoisotopic (exact) mass is 304 g/mol. The summed E-state index contributed by atoms with van der Waals surface area (Å²) in [7, 11) is 0.